The molecule has 0 saturated heterocycles. The minimum absolute atomic E-state index is 0.0453. The van der Waals surface area contributed by atoms with Crippen molar-refractivity contribution in [3.05, 3.63) is 74.1 Å². The summed E-state index contributed by atoms with van der Waals surface area (Å²) in [6.07, 6.45) is 2.62. The molecule has 1 fully saturated rings. The molecule has 3 aromatic rings. The highest BCUT2D eigenvalue weighted by atomic mass is 16.2. The summed E-state index contributed by atoms with van der Waals surface area (Å²) in [7, 11) is 0. The molecule has 7 heteroatoms. The SMILES string of the molecule is CCCn1c(=O)[nH]c(=O)c2c(C(=O)N(Cc3ccccc3)C3CC3)cc(C(C)C)nc21. The van der Waals surface area contributed by atoms with Crippen LogP contribution in [0.25, 0.3) is 11.0 Å². The number of aryl methyl sites for hydroxylation is 1. The second-order valence-corrected chi connectivity index (χ2v) is 8.51. The van der Waals surface area contributed by atoms with Crippen LogP contribution in [0.3, 0.4) is 0 Å². The molecule has 0 radical (unpaired) electrons. The van der Waals surface area contributed by atoms with Crippen LogP contribution in [0.4, 0.5) is 0 Å². The van der Waals surface area contributed by atoms with Gasteiger partial charge >= 0.3 is 5.69 Å². The van der Waals surface area contributed by atoms with Crippen molar-refractivity contribution in [3.8, 4) is 0 Å². The Morgan fingerprint density at radius 2 is 1.94 bits per heavy atom. The lowest BCUT2D eigenvalue weighted by atomic mass is 10.0. The third-order valence-corrected chi connectivity index (χ3v) is 5.68. The van der Waals surface area contributed by atoms with E-state index in [4.69, 9.17) is 0 Å². The van der Waals surface area contributed by atoms with Gasteiger partial charge in [-0.1, -0.05) is 51.1 Å². The number of carbonyl (C=O) groups excluding carboxylic acids is 1. The maximum atomic E-state index is 13.8. The van der Waals surface area contributed by atoms with Crippen molar-refractivity contribution >= 4 is 16.9 Å². The van der Waals surface area contributed by atoms with Crippen molar-refractivity contribution in [1.82, 2.24) is 19.4 Å². The Kier molecular flexibility index (Phi) is 5.76. The topological polar surface area (TPSA) is 88.1 Å². The van der Waals surface area contributed by atoms with Crippen molar-refractivity contribution in [1.29, 1.82) is 0 Å². The van der Waals surface area contributed by atoms with E-state index >= 15 is 0 Å². The van der Waals surface area contributed by atoms with Crippen LogP contribution in [0.1, 0.15) is 67.6 Å². The first-order chi connectivity index (χ1) is 14.9. The van der Waals surface area contributed by atoms with Gasteiger partial charge in [-0.3, -0.25) is 19.1 Å². The van der Waals surface area contributed by atoms with Gasteiger partial charge < -0.3 is 4.90 Å². The molecule has 0 aliphatic heterocycles. The lowest BCUT2D eigenvalue weighted by molar-refractivity contribution is 0.0731. The number of benzene rings is 1. The fourth-order valence-corrected chi connectivity index (χ4v) is 3.88. The third-order valence-electron chi connectivity index (χ3n) is 5.68. The number of carbonyl (C=O) groups is 1. The molecule has 0 spiro atoms. The smallest absolute Gasteiger partial charge is 0.329 e. The molecular formula is C24H28N4O3. The number of nitrogens with zero attached hydrogens (tertiary/aromatic N) is 3. The van der Waals surface area contributed by atoms with E-state index in [0.717, 1.165) is 18.4 Å². The summed E-state index contributed by atoms with van der Waals surface area (Å²) >= 11 is 0. The fourth-order valence-electron chi connectivity index (χ4n) is 3.88. The number of rotatable bonds is 7. The highest BCUT2D eigenvalue weighted by Crippen LogP contribution is 2.31. The van der Waals surface area contributed by atoms with Gasteiger partial charge in [0.15, 0.2) is 5.65 Å². The Morgan fingerprint density at radius 1 is 1.23 bits per heavy atom. The van der Waals surface area contributed by atoms with Crippen LogP contribution in [0, 0.1) is 0 Å². The Morgan fingerprint density at radius 3 is 2.55 bits per heavy atom. The van der Waals surface area contributed by atoms with Gasteiger partial charge in [0.05, 0.1) is 10.9 Å². The predicted molar refractivity (Wildman–Crippen MR) is 120 cm³/mol. The van der Waals surface area contributed by atoms with Gasteiger partial charge in [0, 0.05) is 24.8 Å². The van der Waals surface area contributed by atoms with E-state index in [1.54, 1.807) is 6.07 Å². The number of hydrogen-bond acceptors (Lipinski definition) is 4. The number of aromatic amines is 1. The summed E-state index contributed by atoms with van der Waals surface area (Å²) in [4.78, 5) is 48.0. The zero-order valence-corrected chi connectivity index (χ0v) is 18.2. The van der Waals surface area contributed by atoms with Gasteiger partial charge in [0.25, 0.3) is 11.5 Å². The molecule has 0 unspecified atom stereocenters. The van der Waals surface area contributed by atoms with Crippen LogP contribution in [-0.2, 0) is 13.1 Å². The first kappa shape index (κ1) is 21.0. The van der Waals surface area contributed by atoms with Crippen molar-refractivity contribution in [2.24, 2.45) is 0 Å². The van der Waals surface area contributed by atoms with Crippen LogP contribution < -0.4 is 11.2 Å². The van der Waals surface area contributed by atoms with Crippen molar-refractivity contribution in [2.45, 2.75) is 65.1 Å². The number of amides is 1. The van der Waals surface area contributed by atoms with Gasteiger partial charge in [-0.15, -0.1) is 0 Å². The Balaban J connectivity index is 1.90. The van der Waals surface area contributed by atoms with E-state index < -0.39 is 11.2 Å². The minimum atomic E-state index is -0.561. The monoisotopic (exact) mass is 420 g/mol. The van der Waals surface area contributed by atoms with Crippen LogP contribution in [0.15, 0.2) is 46.0 Å². The maximum absolute atomic E-state index is 13.8. The van der Waals surface area contributed by atoms with E-state index in [-0.39, 0.29) is 23.3 Å². The molecule has 1 aromatic carbocycles. The molecule has 0 bridgehead atoms. The van der Waals surface area contributed by atoms with Crippen LogP contribution in [0.5, 0.6) is 0 Å². The number of aromatic nitrogens is 3. The molecule has 162 valence electrons. The second kappa shape index (κ2) is 8.49. The van der Waals surface area contributed by atoms with Crippen molar-refractivity contribution in [3.63, 3.8) is 0 Å². The number of hydrogen-bond donors (Lipinski definition) is 1. The van der Waals surface area contributed by atoms with Gasteiger partial charge in [-0.25, -0.2) is 9.78 Å². The Labute approximate surface area is 180 Å². The lowest BCUT2D eigenvalue weighted by Crippen LogP contribution is -2.36. The fraction of sp³-hybridized carbons (Fsp3) is 0.417. The summed E-state index contributed by atoms with van der Waals surface area (Å²) in [6, 6.07) is 11.8. The standard InChI is InChI=1S/C24H28N4O3/c1-4-12-27-21-20(22(29)26-24(27)31)18(13-19(25-21)15(2)3)23(30)28(17-10-11-17)14-16-8-6-5-7-9-16/h5-9,13,15,17H,4,10-12,14H2,1-3H3,(H,26,29,31). The number of pyridine rings is 1. The number of H-pyrrole nitrogens is 1. The van der Waals surface area contributed by atoms with Crippen LogP contribution >= 0.6 is 0 Å². The van der Waals surface area contributed by atoms with E-state index in [1.807, 2.05) is 56.0 Å². The Hall–Kier alpha value is -3.22. The average Bonchev–Trinajstić information content (AvgIpc) is 3.59. The quantitative estimate of drug-likeness (QED) is 0.634. The first-order valence-corrected chi connectivity index (χ1v) is 10.9. The summed E-state index contributed by atoms with van der Waals surface area (Å²) in [5.41, 5.74) is 1.30. The van der Waals surface area contributed by atoms with Gasteiger partial charge in [-0.05, 0) is 36.8 Å². The zero-order valence-electron chi connectivity index (χ0n) is 18.2. The molecule has 1 aliphatic rings. The lowest BCUT2D eigenvalue weighted by Gasteiger charge is -2.24. The van der Waals surface area contributed by atoms with E-state index in [0.29, 0.717) is 36.4 Å². The number of fused-ring (bicyclic) bond motifs is 1. The second-order valence-electron chi connectivity index (χ2n) is 8.51. The predicted octanol–water partition coefficient (Wildman–Crippen LogP) is 3.42. The van der Waals surface area contributed by atoms with Crippen LogP contribution in [-0.4, -0.2) is 31.4 Å². The molecule has 0 atom stereocenters. The highest BCUT2D eigenvalue weighted by molar-refractivity contribution is 6.05. The van der Waals surface area contributed by atoms with Crippen LogP contribution in [0.2, 0.25) is 0 Å². The Bertz CT molecular complexity index is 1220. The van der Waals surface area contributed by atoms with E-state index in [2.05, 4.69) is 9.97 Å². The normalized spacial score (nSPS) is 13.7. The maximum Gasteiger partial charge on any atom is 0.329 e. The molecule has 31 heavy (non-hydrogen) atoms. The third kappa shape index (κ3) is 4.17. The molecule has 1 aliphatic carbocycles. The molecule has 1 saturated carbocycles. The average molecular weight is 421 g/mol. The molecular weight excluding hydrogens is 392 g/mol. The summed E-state index contributed by atoms with van der Waals surface area (Å²) in [5.74, 6) is -0.142. The highest BCUT2D eigenvalue weighted by Gasteiger charge is 2.34. The minimum Gasteiger partial charge on any atom is -0.331 e. The molecule has 2 heterocycles. The van der Waals surface area contributed by atoms with E-state index in [1.165, 1.54) is 4.57 Å². The molecule has 1 N–H and O–H groups in total. The largest absolute Gasteiger partial charge is 0.331 e. The van der Waals surface area contributed by atoms with Gasteiger partial charge in [0.1, 0.15) is 0 Å². The van der Waals surface area contributed by atoms with Gasteiger partial charge in [0.2, 0.25) is 0 Å². The summed E-state index contributed by atoms with van der Waals surface area (Å²) in [5, 5.41) is 0.196. The summed E-state index contributed by atoms with van der Waals surface area (Å²) in [6.45, 7) is 6.83. The molecule has 2 aromatic heterocycles. The molecule has 1 amide bonds. The summed E-state index contributed by atoms with van der Waals surface area (Å²) < 4.78 is 1.47. The van der Waals surface area contributed by atoms with E-state index in [9.17, 15) is 14.4 Å². The first-order valence-electron chi connectivity index (χ1n) is 10.9. The molecule has 7 nitrogen and oxygen atoms in total. The van der Waals surface area contributed by atoms with Crippen molar-refractivity contribution in [2.75, 3.05) is 0 Å². The van der Waals surface area contributed by atoms with Gasteiger partial charge in [-0.2, -0.15) is 0 Å². The number of nitrogens with one attached hydrogen (secondary N) is 1. The zero-order chi connectivity index (χ0) is 22.1. The van der Waals surface area contributed by atoms with Crippen molar-refractivity contribution < 1.29 is 4.79 Å². The molecule has 4 rings (SSSR count).